The summed E-state index contributed by atoms with van der Waals surface area (Å²) >= 11 is 3.19. The van der Waals surface area contributed by atoms with Crippen molar-refractivity contribution in [2.24, 2.45) is 0 Å². The Hall–Kier alpha value is -7.14. The number of Topliss-reactive ketones (excluding diaryl/α,β-unsaturated/α-hetero) is 4. The molecule has 0 saturated carbocycles. The Morgan fingerprint density at radius 2 is 0.984 bits per heavy atom. The minimum absolute atomic E-state index is 0.0360. The number of hydrogen-bond donors (Lipinski definition) is 0. The number of rotatable bonds is 8. The largest absolute Gasteiger partial charge is 0.457 e. The van der Waals surface area contributed by atoms with E-state index in [-0.39, 0.29) is 57.2 Å². The van der Waals surface area contributed by atoms with E-state index < -0.39 is 69.5 Å². The molecule has 0 atom stereocenters. The zero-order valence-electron chi connectivity index (χ0n) is 31.7. The van der Waals surface area contributed by atoms with Crippen LogP contribution in [0.3, 0.4) is 0 Å². The van der Waals surface area contributed by atoms with Gasteiger partial charge in [0.1, 0.15) is 13.2 Å². The first kappa shape index (κ1) is 40.0. The molecule has 310 valence electrons. The van der Waals surface area contributed by atoms with Gasteiger partial charge in [-0.3, -0.25) is 19.2 Å². The van der Waals surface area contributed by atoms with Gasteiger partial charge in [-0.05, 0) is 59.7 Å². The van der Waals surface area contributed by atoms with Gasteiger partial charge in [0, 0.05) is 37.6 Å². The van der Waals surface area contributed by atoms with Gasteiger partial charge in [-0.2, -0.15) is 0 Å². The van der Waals surface area contributed by atoms with E-state index in [1.165, 1.54) is 18.2 Å². The maximum Gasteiger partial charge on any atom is 0.367 e. The number of carbonyl (C=O) groups is 6. The van der Waals surface area contributed by atoms with Gasteiger partial charge in [-0.25, -0.2) is 27.2 Å². The number of halogens is 4. The van der Waals surface area contributed by atoms with Crippen molar-refractivity contribution in [3.8, 4) is 15.5 Å². The van der Waals surface area contributed by atoms with Crippen molar-refractivity contribution in [2.75, 3.05) is 0 Å². The number of ketones is 4. The van der Waals surface area contributed by atoms with Crippen LogP contribution in [0.4, 0.5) is 17.6 Å². The third-order valence-electron chi connectivity index (χ3n) is 10.6. The molecule has 1 aliphatic heterocycles. The molecule has 16 heteroatoms. The minimum atomic E-state index is -2.66. The van der Waals surface area contributed by atoms with Crippen LogP contribution in [-0.2, 0) is 37.9 Å². The van der Waals surface area contributed by atoms with Crippen LogP contribution in [0.5, 0.6) is 5.75 Å². The molecule has 4 heterocycles. The van der Waals surface area contributed by atoms with Crippen molar-refractivity contribution in [3.63, 3.8) is 0 Å². The molecular formula is C47H22F4O9S3. The Balaban J connectivity index is 1.12. The molecule has 0 bridgehead atoms. The fourth-order valence-corrected chi connectivity index (χ4v) is 11.3. The van der Waals surface area contributed by atoms with E-state index in [9.17, 15) is 46.3 Å². The summed E-state index contributed by atoms with van der Waals surface area (Å²) in [5.41, 5.74) is -3.50. The second kappa shape index (κ2) is 15.0. The Morgan fingerprint density at radius 1 is 0.556 bits per heavy atom. The van der Waals surface area contributed by atoms with Crippen molar-refractivity contribution in [3.05, 3.63) is 180 Å². The number of benzene rings is 4. The molecule has 10 rings (SSSR count). The number of fused-ring (bicyclic) bond motifs is 7. The number of hydrogen-bond acceptors (Lipinski definition) is 12. The highest BCUT2D eigenvalue weighted by Crippen LogP contribution is 2.58. The lowest BCUT2D eigenvalue weighted by Gasteiger charge is -2.33. The number of esters is 2. The van der Waals surface area contributed by atoms with Gasteiger partial charge in [0.15, 0.2) is 52.2 Å². The van der Waals surface area contributed by atoms with E-state index in [0.717, 1.165) is 34.0 Å². The Morgan fingerprint density at radius 3 is 1.43 bits per heavy atom. The summed E-state index contributed by atoms with van der Waals surface area (Å²) in [4.78, 5) is 84.1. The molecule has 9 nitrogen and oxygen atoms in total. The highest BCUT2D eigenvalue weighted by molar-refractivity contribution is 7.32. The van der Waals surface area contributed by atoms with Gasteiger partial charge in [-0.1, -0.05) is 60.7 Å². The summed E-state index contributed by atoms with van der Waals surface area (Å²) in [5.74, 6) is -10.8. The standard InChI is InChI=1S/C47H22F4O9S3/c48-32-15-25-26(16-33(32)49)38(53)29(37(25)52)11-23-13-31-42(61-23)44-41(43-36(63-44)14-24(62-43)12-30-39(54)27-17-34(50)35(51)18-28(27)40(30)55)60-47(31,45(56)58-19-21-7-3-1-4-8-21)46(57)59-20-22-9-5-2-6-10-22/h1-18H,19-20H2. The van der Waals surface area contributed by atoms with Gasteiger partial charge in [-0.15, -0.1) is 34.0 Å². The Bertz CT molecular complexity index is 3130. The fraction of sp³-hybridized carbons (Fsp3) is 0.0638. The third kappa shape index (κ3) is 6.48. The van der Waals surface area contributed by atoms with Gasteiger partial charge in [0.25, 0.3) is 0 Å². The molecule has 2 aliphatic carbocycles. The molecule has 0 spiro atoms. The summed E-state index contributed by atoms with van der Waals surface area (Å²) in [6.45, 7) is -0.579. The summed E-state index contributed by atoms with van der Waals surface area (Å²) in [7, 11) is 0. The van der Waals surface area contributed by atoms with Gasteiger partial charge >= 0.3 is 17.5 Å². The van der Waals surface area contributed by atoms with Gasteiger partial charge < -0.3 is 14.2 Å². The van der Waals surface area contributed by atoms with E-state index in [1.54, 1.807) is 66.7 Å². The average Bonchev–Trinajstić information content (AvgIpc) is 4.07. The summed E-state index contributed by atoms with van der Waals surface area (Å²) in [5, 5.41) is 0. The number of thiophene rings is 3. The lowest BCUT2D eigenvalue weighted by atomic mass is 9.90. The molecule has 63 heavy (non-hydrogen) atoms. The van der Waals surface area contributed by atoms with Crippen molar-refractivity contribution >= 4 is 90.6 Å². The Kier molecular flexibility index (Phi) is 9.54. The van der Waals surface area contributed by atoms with E-state index in [2.05, 4.69) is 0 Å². The van der Waals surface area contributed by atoms with Crippen molar-refractivity contribution < 1.29 is 60.5 Å². The quantitative estimate of drug-likeness (QED) is 0.0481. The zero-order chi connectivity index (χ0) is 43.9. The highest BCUT2D eigenvalue weighted by atomic mass is 32.1. The van der Waals surface area contributed by atoms with Crippen LogP contribution >= 0.6 is 34.0 Å². The molecule has 4 aromatic carbocycles. The highest BCUT2D eigenvalue weighted by Gasteiger charge is 2.59. The normalized spacial score (nSPS) is 14.6. The molecule has 0 fully saturated rings. The van der Waals surface area contributed by atoms with Crippen LogP contribution in [0.2, 0.25) is 0 Å². The van der Waals surface area contributed by atoms with Crippen molar-refractivity contribution in [1.82, 2.24) is 0 Å². The van der Waals surface area contributed by atoms with Gasteiger partial charge in [0.05, 0.1) is 30.3 Å². The lowest BCUT2D eigenvalue weighted by molar-refractivity contribution is -0.183. The van der Waals surface area contributed by atoms with Crippen LogP contribution in [-0.4, -0.2) is 35.1 Å². The minimum Gasteiger partial charge on any atom is -0.457 e. The van der Waals surface area contributed by atoms with Crippen LogP contribution in [0.25, 0.3) is 31.3 Å². The first-order valence-corrected chi connectivity index (χ1v) is 21.2. The Labute approximate surface area is 364 Å². The molecule has 0 N–H and O–H groups in total. The van der Waals surface area contributed by atoms with E-state index >= 15 is 0 Å². The van der Waals surface area contributed by atoms with Gasteiger partial charge in [0.2, 0.25) is 0 Å². The predicted octanol–water partition coefficient (Wildman–Crippen LogP) is 10.2. The maximum atomic E-state index is 14.7. The second-order valence-corrected chi connectivity index (χ2v) is 17.7. The number of carbonyl (C=O) groups excluding carboxylic acids is 6. The molecule has 0 amide bonds. The topological polar surface area (TPSA) is 130 Å². The SMILES string of the molecule is O=C1C(=Cc2cc3c(s2)-c2sc4cc(C=C5C(=O)c6cc(F)c(F)cc6C5=O)sc4c2OC3(C(=O)OCc2ccccc2)C(=O)OCc2ccccc2)C(=O)c2cc(F)c(F)cc21. The number of ether oxygens (including phenoxy) is 3. The first-order chi connectivity index (χ1) is 30.3. The smallest absolute Gasteiger partial charge is 0.367 e. The predicted molar refractivity (Wildman–Crippen MR) is 224 cm³/mol. The molecular weight excluding hydrogens is 881 g/mol. The monoisotopic (exact) mass is 902 g/mol. The molecule has 0 radical (unpaired) electrons. The van der Waals surface area contributed by atoms with E-state index in [1.807, 2.05) is 0 Å². The van der Waals surface area contributed by atoms with Crippen LogP contribution in [0.1, 0.15) is 67.9 Å². The average molecular weight is 903 g/mol. The second-order valence-electron chi connectivity index (χ2n) is 14.5. The first-order valence-electron chi connectivity index (χ1n) is 18.7. The van der Waals surface area contributed by atoms with E-state index in [4.69, 9.17) is 14.2 Å². The summed E-state index contributed by atoms with van der Waals surface area (Å²) in [6.07, 6.45) is 2.50. The lowest BCUT2D eigenvalue weighted by Crippen LogP contribution is -2.52. The van der Waals surface area contributed by atoms with Crippen LogP contribution < -0.4 is 4.74 Å². The van der Waals surface area contributed by atoms with Crippen molar-refractivity contribution in [2.45, 2.75) is 18.8 Å². The third-order valence-corrected chi connectivity index (χ3v) is 14.2. The molecule has 0 saturated heterocycles. The van der Waals surface area contributed by atoms with E-state index in [0.29, 0.717) is 59.4 Å². The van der Waals surface area contributed by atoms with Crippen LogP contribution in [0, 0.1) is 23.3 Å². The maximum absolute atomic E-state index is 14.7. The summed E-state index contributed by atoms with van der Waals surface area (Å²) in [6, 6.07) is 22.9. The molecule has 7 aromatic rings. The molecule has 3 aliphatic rings. The molecule has 3 aromatic heterocycles. The fourth-order valence-electron chi connectivity index (χ4n) is 7.53. The van der Waals surface area contributed by atoms with Crippen molar-refractivity contribution in [1.29, 1.82) is 0 Å². The summed E-state index contributed by atoms with van der Waals surface area (Å²) < 4.78 is 75.7. The van der Waals surface area contributed by atoms with Crippen LogP contribution in [0.15, 0.2) is 108 Å². The molecule has 0 unspecified atom stereocenters. The zero-order valence-corrected chi connectivity index (χ0v) is 34.2. The number of allylic oxidation sites excluding steroid dienone is 2.